The molecule has 1 aromatic heterocycles. The van der Waals surface area contributed by atoms with Gasteiger partial charge in [-0.2, -0.15) is 0 Å². The molecule has 0 unspecified atom stereocenters. The topological polar surface area (TPSA) is 55.2 Å². The van der Waals surface area contributed by atoms with E-state index in [1.54, 1.807) is 0 Å². The fraction of sp³-hybridized carbons (Fsp3) is 0.500. The van der Waals surface area contributed by atoms with Crippen LogP contribution in [0.25, 0.3) is 0 Å². The molecule has 27 heavy (non-hydrogen) atoms. The van der Waals surface area contributed by atoms with Gasteiger partial charge < -0.3 is 9.47 Å². The van der Waals surface area contributed by atoms with Gasteiger partial charge in [0.15, 0.2) is 5.78 Å². The Morgan fingerprint density at radius 1 is 1.11 bits per heavy atom. The fourth-order valence-electron chi connectivity index (χ4n) is 3.79. The highest BCUT2D eigenvalue weighted by atomic mass is 16.2. The lowest BCUT2D eigenvalue weighted by Crippen LogP contribution is -2.38. The Morgan fingerprint density at radius 3 is 2.48 bits per heavy atom. The van der Waals surface area contributed by atoms with Crippen molar-refractivity contribution in [3.63, 3.8) is 0 Å². The molecule has 0 spiro atoms. The minimum atomic E-state index is 0.114. The van der Waals surface area contributed by atoms with Crippen LogP contribution in [-0.2, 0) is 4.79 Å². The zero-order valence-corrected chi connectivity index (χ0v) is 16.3. The van der Waals surface area contributed by atoms with Crippen molar-refractivity contribution in [2.24, 2.45) is 0 Å². The molecule has 1 aromatic carbocycles. The maximum absolute atomic E-state index is 12.5. The number of likely N-dealkylation sites (tertiary alicyclic amines) is 1. The summed E-state index contributed by atoms with van der Waals surface area (Å²) in [6, 6.07) is 9.70. The standard InChI is InChI=1S/C22H29N3O2/c1-17(2)25-16-13-23-22(25)19-11-14-24(15-12-19)21(27)10-6-9-20(26)18-7-4-3-5-8-18/h3-5,7-8,13,16-17,19H,6,9-12,14-15H2,1-2H3. The molecule has 1 fully saturated rings. The second kappa shape index (κ2) is 8.98. The van der Waals surface area contributed by atoms with E-state index in [9.17, 15) is 9.59 Å². The van der Waals surface area contributed by atoms with Crippen LogP contribution in [0.15, 0.2) is 42.7 Å². The lowest BCUT2D eigenvalue weighted by Gasteiger charge is -2.32. The Bertz CT molecular complexity index is 759. The number of ketones is 1. The van der Waals surface area contributed by atoms with Crippen molar-refractivity contribution in [2.45, 2.75) is 57.9 Å². The number of rotatable bonds is 7. The highest BCUT2D eigenvalue weighted by Gasteiger charge is 2.26. The number of nitrogens with zero attached hydrogens (tertiary/aromatic N) is 3. The number of piperidine rings is 1. The highest BCUT2D eigenvalue weighted by molar-refractivity contribution is 5.96. The number of Topliss-reactive ketones (excluding diaryl/α,β-unsaturated/α-hetero) is 1. The Morgan fingerprint density at radius 2 is 1.81 bits per heavy atom. The van der Waals surface area contributed by atoms with Crippen molar-refractivity contribution in [1.82, 2.24) is 14.5 Å². The first-order valence-electron chi connectivity index (χ1n) is 9.95. The van der Waals surface area contributed by atoms with Gasteiger partial charge in [0.2, 0.25) is 5.91 Å². The van der Waals surface area contributed by atoms with Gasteiger partial charge >= 0.3 is 0 Å². The Labute approximate surface area is 161 Å². The molecule has 1 aliphatic heterocycles. The first-order valence-corrected chi connectivity index (χ1v) is 9.95. The van der Waals surface area contributed by atoms with E-state index in [4.69, 9.17) is 0 Å². The normalized spacial score (nSPS) is 15.3. The van der Waals surface area contributed by atoms with Crippen LogP contribution in [0.4, 0.5) is 0 Å². The second-order valence-electron chi connectivity index (χ2n) is 7.58. The van der Waals surface area contributed by atoms with Crippen molar-refractivity contribution in [1.29, 1.82) is 0 Å². The lowest BCUT2D eigenvalue weighted by atomic mass is 9.95. The van der Waals surface area contributed by atoms with Gasteiger partial charge in [-0.3, -0.25) is 9.59 Å². The van der Waals surface area contributed by atoms with Gasteiger partial charge in [0.05, 0.1) is 0 Å². The second-order valence-corrected chi connectivity index (χ2v) is 7.58. The molecule has 5 nitrogen and oxygen atoms in total. The third kappa shape index (κ3) is 4.85. The number of hydrogen-bond acceptors (Lipinski definition) is 3. The van der Waals surface area contributed by atoms with Crippen LogP contribution in [0, 0.1) is 0 Å². The van der Waals surface area contributed by atoms with Gasteiger partial charge in [0, 0.05) is 55.8 Å². The SMILES string of the molecule is CC(C)n1ccnc1C1CCN(C(=O)CCCC(=O)c2ccccc2)CC1. The van der Waals surface area contributed by atoms with Crippen molar-refractivity contribution < 1.29 is 9.59 Å². The van der Waals surface area contributed by atoms with Crippen LogP contribution in [0.2, 0.25) is 0 Å². The van der Waals surface area contributed by atoms with Crippen molar-refractivity contribution in [2.75, 3.05) is 13.1 Å². The molecule has 0 N–H and O–H groups in total. The number of hydrogen-bond donors (Lipinski definition) is 0. The molecular formula is C22H29N3O2. The van der Waals surface area contributed by atoms with Gasteiger partial charge in [0.25, 0.3) is 0 Å². The number of carbonyl (C=O) groups excluding carboxylic acids is 2. The first kappa shape index (κ1) is 19.3. The fourth-order valence-corrected chi connectivity index (χ4v) is 3.79. The summed E-state index contributed by atoms with van der Waals surface area (Å²) < 4.78 is 2.23. The molecule has 2 aromatic rings. The van der Waals surface area contributed by atoms with Crippen molar-refractivity contribution in [3.05, 3.63) is 54.1 Å². The molecule has 0 bridgehead atoms. The number of benzene rings is 1. The highest BCUT2D eigenvalue weighted by Crippen LogP contribution is 2.28. The van der Waals surface area contributed by atoms with Crippen LogP contribution >= 0.6 is 0 Å². The minimum Gasteiger partial charge on any atom is -0.343 e. The number of aromatic nitrogens is 2. The number of amides is 1. The third-order valence-electron chi connectivity index (χ3n) is 5.36. The molecule has 0 aliphatic carbocycles. The summed E-state index contributed by atoms with van der Waals surface area (Å²) in [5, 5.41) is 0. The van der Waals surface area contributed by atoms with Gasteiger partial charge in [0.1, 0.15) is 5.82 Å². The summed E-state index contributed by atoms with van der Waals surface area (Å²) in [5.41, 5.74) is 0.728. The minimum absolute atomic E-state index is 0.114. The van der Waals surface area contributed by atoms with Gasteiger partial charge in [-0.05, 0) is 33.1 Å². The quantitative estimate of drug-likeness (QED) is 0.689. The van der Waals surface area contributed by atoms with Crippen LogP contribution in [0.1, 0.15) is 74.1 Å². The first-order chi connectivity index (χ1) is 13.1. The Hall–Kier alpha value is -2.43. The van der Waals surface area contributed by atoms with E-state index < -0.39 is 0 Å². The molecule has 3 rings (SSSR count). The summed E-state index contributed by atoms with van der Waals surface area (Å²) in [7, 11) is 0. The molecule has 1 saturated heterocycles. The predicted molar refractivity (Wildman–Crippen MR) is 106 cm³/mol. The molecule has 144 valence electrons. The molecule has 5 heteroatoms. The molecule has 1 amide bonds. The Kier molecular flexibility index (Phi) is 6.43. The largest absolute Gasteiger partial charge is 0.343 e. The molecule has 1 aliphatic rings. The predicted octanol–water partition coefficient (Wildman–Crippen LogP) is 4.22. The van der Waals surface area contributed by atoms with E-state index in [0.29, 0.717) is 31.2 Å². The van der Waals surface area contributed by atoms with E-state index in [1.807, 2.05) is 47.6 Å². The summed E-state index contributed by atoms with van der Waals surface area (Å²) in [5.74, 6) is 1.85. The van der Waals surface area contributed by atoms with E-state index in [1.165, 1.54) is 0 Å². The van der Waals surface area contributed by atoms with E-state index in [2.05, 4.69) is 23.4 Å². The van der Waals surface area contributed by atoms with Crippen molar-refractivity contribution >= 4 is 11.7 Å². The monoisotopic (exact) mass is 367 g/mol. The van der Waals surface area contributed by atoms with Crippen LogP contribution in [-0.4, -0.2) is 39.2 Å². The van der Waals surface area contributed by atoms with Crippen LogP contribution in [0.3, 0.4) is 0 Å². The summed E-state index contributed by atoms with van der Waals surface area (Å²) in [6.45, 7) is 5.89. The van der Waals surface area contributed by atoms with Gasteiger partial charge in [-0.15, -0.1) is 0 Å². The maximum atomic E-state index is 12.5. The van der Waals surface area contributed by atoms with Crippen molar-refractivity contribution in [3.8, 4) is 0 Å². The number of carbonyl (C=O) groups is 2. The smallest absolute Gasteiger partial charge is 0.222 e. The molecule has 0 radical (unpaired) electrons. The van der Waals surface area contributed by atoms with Gasteiger partial charge in [-0.25, -0.2) is 4.98 Å². The number of imidazole rings is 1. The third-order valence-corrected chi connectivity index (χ3v) is 5.36. The van der Waals surface area contributed by atoms with E-state index in [0.717, 1.165) is 37.3 Å². The molecule has 0 atom stereocenters. The average molecular weight is 367 g/mol. The summed E-state index contributed by atoms with van der Waals surface area (Å²) in [6.07, 6.45) is 7.32. The Balaban J connectivity index is 1.43. The molecular weight excluding hydrogens is 338 g/mol. The zero-order valence-electron chi connectivity index (χ0n) is 16.3. The van der Waals surface area contributed by atoms with Crippen LogP contribution in [0.5, 0.6) is 0 Å². The molecule has 0 saturated carbocycles. The maximum Gasteiger partial charge on any atom is 0.222 e. The van der Waals surface area contributed by atoms with Crippen LogP contribution < -0.4 is 0 Å². The average Bonchev–Trinajstić information content (AvgIpc) is 3.19. The summed E-state index contributed by atoms with van der Waals surface area (Å²) >= 11 is 0. The lowest BCUT2D eigenvalue weighted by molar-refractivity contribution is -0.132. The molecule has 2 heterocycles. The van der Waals surface area contributed by atoms with E-state index >= 15 is 0 Å². The van der Waals surface area contributed by atoms with E-state index in [-0.39, 0.29) is 11.7 Å². The van der Waals surface area contributed by atoms with Gasteiger partial charge in [-0.1, -0.05) is 30.3 Å². The zero-order chi connectivity index (χ0) is 19.2. The summed E-state index contributed by atoms with van der Waals surface area (Å²) in [4.78, 5) is 31.1.